The van der Waals surface area contributed by atoms with Crippen LogP contribution in [0.25, 0.3) is 43.1 Å². The van der Waals surface area contributed by atoms with Crippen molar-refractivity contribution in [3.8, 4) is 80.5 Å². The average molecular weight is 1620 g/mol. The van der Waals surface area contributed by atoms with Gasteiger partial charge in [0.2, 0.25) is 0 Å². The molecule has 11 rings (SSSR count). The normalized spacial score (nSPS) is 12.0. The first-order valence-electron chi connectivity index (χ1n) is 39.6. The lowest BCUT2D eigenvalue weighted by Gasteiger charge is -2.20. The van der Waals surface area contributed by atoms with E-state index >= 15 is 0 Å². The van der Waals surface area contributed by atoms with Gasteiger partial charge in [-0.05, 0) is 253 Å². The van der Waals surface area contributed by atoms with Gasteiger partial charge in [-0.3, -0.25) is 33.6 Å². The molecule has 5 unspecified atom stereocenters. The molecule has 0 radical (unpaired) electrons. The van der Waals surface area contributed by atoms with E-state index in [1.54, 1.807) is 159 Å². The lowest BCUT2D eigenvalue weighted by molar-refractivity contribution is -0.144. The molecule has 0 aliphatic rings. The maximum absolute atomic E-state index is 12.0. The summed E-state index contributed by atoms with van der Waals surface area (Å²) < 4.78 is 37.0. The largest absolute Gasteiger partial charge is 0.508 e. The van der Waals surface area contributed by atoms with Crippen molar-refractivity contribution in [3.05, 3.63) is 217 Å². The molecule has 11 aromatic carbocycles. The molecule has 11 aromatic rings. The van der Waals surface area contributed by atoms with Gasteiger partial charge in [0.15, 0.2) is 0 Å². The second kappa shape index (κ2) is 46.2. The number of aryl methyl sites for hydroxylation is 2. The molecule has 21 heteroatoms. The SMILES string of the molecule is CCC(C)(C)C(=O)Oc1ccc(O)cc1.CCC(C)(C)C(=O)Oc1ccc2cc(O)ccc2c1.CCC(C)C(=O)Oc1cc(C)c(O)c(C)c1.CCC(C)C(=O)Oc1ccc(O)c2ccccc12.CCC(C)C(=O)Oc1ccc(O)cc1.CCC(C)C(=O)Oc1ccc2cc(O)ccc2c1.CCC(C)C(=O)Oc1cccc2c(O)cccc12. The van der Waals surface area contributed by atoms with Crippen LogP contribution in [-0.4, -0.2) is 77.5 Å². The van der Waals surface area contributed by atoms with E-state index in [2.05, 4.69) is 0 Å². The lowest BCUT2D eigenvalue weighted by Crippen LogP contribution is -2.28. The van der Waals surface area contributed by atoms with Gasteiger partial charge in [-0.2, -0.15) is 0 Å². The van der Waals surface area contributed by atoms with Crippen LogP contribution in [0.1, 0.15) is 167 Å². The Morgan fingerprint density at radius 2 is 0.576 bits per heavy atom. The number of phenols is 7. The number of hydrogen-bond donors (Lipinski definition) is 7. The number of esters is 7. The van der Waals surface area contributed by atoms with Gasteiger partial charge >= 0.3 is 41.8 Å². The zero-order valence-electron chi connectivity index (χ0n) is 70.8. The summed E-state index contributed by atoms with van der Waals surface area (Å²) >= 11 is 0. The molecule has 0 amide bonds. The molecule has 7 N–H and O–H groups in total. The summed E-state index contributed by atoms with van der Waals surface area (Å²) in [6, 6.07) is 57.4. The number of benzene rings is 11. The van der Waals surface area contributed by atoms with Crippen LogP contribution in [0.5, 0.6) is 80.5 Å². The molecular formula is C97H114O21. The van der Waals surface area contributed by atoms with Crippen LogP contribution in [0.15, 0.2) is 206 Å². The molecule has 5 atom stereocenters. The molecule has 0 aliphatic heterocycles. The van der Waals surface area contributed by atoms with Crippen molar-refractivity contribution >= 4 is 84.9 Å². The predicted molar refractivity (Wildman–Crippen MR) is 461 cm³/mol. The van der Waals surface area contributed by atoms with Gasteiger partial charge in [0.1, 0.15) is 80.5 Å². The topological polar surface area (TPSA) is 326 Å². The molecule has 21 nitrogen and oxygen atoms in total. The Kier molecular flexibility index (Phi) is 37.5. The van der Waals surface area contributed by atoms with Crippen molar-refractivity contribution in [2.75, 3.05) is 0 Å². The van der Waals surface area contributed by atoms with E-state index in [1.807, 2.05) is 147 Å². The number of carbonyl (C=O) groups is 7. The van der Waals surface area contributed by atoms with Gasteiger partial charge in [0.05, 0.1) is 40.4 Å². The van der Waals surface area contributed by atoms with E-state index in [0.717, 1.165) is 77.3 Å². The fraction of sp³-hybridized carbons (Fsp3) is 0.330. The van der Waals surface area contributed by atoms with Gasteiger partial charge in [-0.25, -0.2) is 0 Å². The first-order valence-corrected chi connectivity index (χ1v) is 39.6. The molecule has 0 aliphatic carbocycles. The number of ether oxygens (including phenoxy) is 7. The standard InChI is InChI=1S/C16H18O3.3C15H16O3.C13H18O3.C12H16O3.C11H14O3/c1-4-16(2,3)15(18)19-14-8-6-11-9-13(17)7-5-12(11)10-14;1-3-10(2)15(17)18-14-9-5-6-11-12(14)7-4-8-13(11)16;1-3-10(2)15(17)18-14-7-5-11-8-13(16)6-4-12(11)9-14;1-3-10(2)15(17)18-14-9-8-13(16)11-6-4-5-7-12(11)14;1-5-8(2)13(15)16-11-6-9(3)12(14)10(4)7-11;1-4-12(2,3)11(14)15-10-7-5-9(13)6-8-10;1-3-8(2)11(13)14-10-6-4-9(12)5-7-10/h5-10,17H,4H2,1-3H3;3*4-10,16H,3H2,1-2H3;6-8,14H,5H2,1-4H3;5-8,13H,4H2,1-3H3;4-8,12H,3H2,1-2H3. The van der Waals surface area contributed by atoms with Crippen molar-refractivity contribution in [3.63, 3.8) is 0 Å². The Bertz CT molecular complexity index is 5080. The highest BCUT2D eigenvalue weighted by Crippen LogP contribution is 2.36. The second-order valence-corrected chi connectivity index (χ2v) is 29.9. The Morgan fingerprint density at radius 3 is 0.983 bits per heavy atom. The van der Waals surface area contributed by atoms with Gasteiger partial charge in [0.25, 0.3) is 0 Å². The highest BCUT2D eigenvalue weighted by Gasteiger charge is 2.29. The van der Waals surface area contributed by atoms with Crippen LogP contribution in [0.4, 0.5) is 0 Å². The van der Waals surface area contributed by atoms with Crippen LogP contribution in [0.2, 0.25) is 0 Å². The van der Waals surface area contributed by atoms with Crippen LogP contribution in [0.3, 0.4) is 0 Å². The van der Waals surface area contributed by atoms with Gasteiger partial charge < -0.3 is 68.9 Å². The Balaban J connectivity index is 0.000000246. The zero-order chi connectivity index (χ0) is 87.7. The molecule has 0 aromatic heterocycles. The maximum atomic E-state index is 12.0. The van der Waals surface area contributed by atoms with Crippen LogP contribution < -0.4 is 33.2 Å². The van der Waals surface area contributed by atoms with Crippen molar-refractivity contribution in [1.82, 2.24) is 0 Å². The summed E-state index contributed by atoms with van der Waals surface area (Å²) in [5, 5.41) is 72.4. The molecule has 0 saturated carbocycles. The number of phenolic OH excluding ortho intramolecular Hbond substituents is 7. The van der Waals surface area contributed by atoms with Crippen molar-refractivity contribution in [1.29, 1.82) is 0 Å². The van der Waals surface area contributed by atoms with Crippen LogP contribution >= 0.6 is 0 Å². The first kappa shape index (κ1) is 95.9. The third-order valence-electron chi connectivity index (χ3n) is 19.9. The van der Waals surface area contributed by atoms with E-state index < -0.39 is 10.8 Å². The molecule has 628 valence electrons. The molecule has 0 heterocycles. The quantitative estimate of drug-likeness (QED) is 0.0260. The number of carbonyl (C=O) groups excluding carboxylic acids is 7. The average Bonchev–Trinajstić information content (AvgIpc) is 0.823. The smallest absolute Gasteiger partial charge is 0.316 e. The second-order valence-electron chi connectivity index (χ2n) is 29.9. The monoisotopic (exact) mass is 1610 g/mol. The van der Waals surface area contributed by atoms with Crippen molar-refractivity contribution < 1.29 is 102 Å². The molecule has 0 saturated heterocycles. The van der Waals surface area contributed by atoms with E-state index in [0.29, 0.717) is 62.1 Å². The Morgan fingerprint density at radius 1 is 0.288 bits per heavy atom. The first-order chi connectivity index (χ1) is 55.8. The highest BCUT2D eigenvalue weighted by molar-refractivity contribution is 5.96. The molecule has 118 heavy (non-hydrogen) atoms. The van der Waals surface area contributed by atoms with Crippen molar-refractivity contribution in [2.45, 2.75) is 170 Å². The summed E-state index contributed by atoms with van der Waals surface area (Å²) in [4.78, 5) is 81.8. The number of aromatic hydroxyl groups is 7. The lowest BCUT2D eigenvalue weighted by atomic mass is 9.91. The number of rotatable bonds is 21. The summed E-state index contributed by atoms with van der Waals surface area (Å²) in [5.74, 6) is 2.69. The Labute approximate surface area is 691 Å². The van der Waals surface area contributed by atoms with Gasteiger partial charge in [-0.15, -0.1) is 0 Å². The van der Waals surface area contributed by atoms with Crippen LogP contribution in [0, 0.1) is 54.3 Å². The van der Waals surface area contributed by atoms with Gasteiger partial charge in [0, 0.05) is 21.5 Å². The number of hydrogen-bond acceptors (Lipinski definition) is 21. The predicted octanol–water partition coefficient (Wildman–Crippen LogP) is 22.4. The fourth-order valence-electron chi connectivity index (χ4n) is 9.93. The molecular weight excluding hydrogens is 1500 g/mol. The fourth-order valence-corrected chi connectivity index (χ4v) is 9.93. The van der Waals surface area contributed by atoms with Gasteiger partial charge in [-0.1, -0.05) is 156 Å². The van der Waals surface area contributed by atoms with Crippen LogP contribution in [-0.2, 0) is 33.6 Å². The summed E-state index contributed by atoms with van der Waals surface area (Å²) in [6.45, 7) is 33.8. The zero-order valence-corrected chi connectivity index (χ0v) is 70.8. The molecule has 0 spiro atoms. The third-order valence-corrected chi connectivity index (χ3v) is 19.9. The summed E-state index contributed by atoms with van der Waals surface area (Å²) in [5.41, 5.74) is 0.473. The van der Waals surface area contributed by atoms with Crippen molar-refractivity contribution in [2.24, 2.45) is 40.4 Å². The maximum Gasteiger partial charge on any atom is 0.316 e. The third kappa shape index (κ3) is 29.6. The van der Waals surface area contributed by atoms with E-state index in [-0.39, 0.29) is 112 Å². The van der Waals surface area contributed by atoms with E-state index in [1.165, 1.54) is 24.3 Å². The Hall–Kier alpha value is -12.7. The molecule has 0 fully saturated rings. The van der Waals surface area contributed by atoms with E-state index in [4.69, 9.17) is 43.4 Å². The minimum Gasteiger partial charge on any atom is -0.508 e. The minimum atomic E-state index is -0.482. The summed E-state index contributed by atoms with van der Waals surface area (Å²) in [6.07, 6.45) is 5.23. The summed E-state index contributed by atoms with van der Waals surface area (Å²) in [7, 11) is 0. The number of fused-ring (bicyclic) bond motifs is 4. The van der Waals surface area contributed by atoms with E-state index in [9.17, 15) is 59.1 Å². The highest BCUT2D eigenvalue weighted by atomic mass is 16.6. The molecule has 0 bridgehead atoms. The minimum absolute atomic E-state index is 0.0937.